The Morgan fingerprint density at radius 3 is 2.61 bits per heavy atom. The zero-order valence-electron chi connectivity index (χ0n) is 14.6. The fraction of sp³-hybridized carbons (Fsp3) is 0.632. The second-order valence-electron chi connectivity index (χ2n) is 7.02. The zero-order valence-corrected chi connectivity index (χ0v) is 14.6. The van der Waals surface area contributed by atoms with Gasteiger partial charge in [-0.2, -0.15) is 0 Å². The zero-order chi connectivity index (χ0) is 16.9. The van der Waals surface area contributed by atoms with Gasteiger partial charge < -0.3 is 10.2 Å². The van der Waals surface area contributed by atoms with Crippen LogP contribution in [-0.2, 0) is 11.2 Å². The van der Waals surface area contributed by atoms with Gasteiger partial charge in [0.15, 0.2) is 0 Å². The van der Waals surface area contributed by atoms with Crippen LogP contribution in [0.4, 0.5) is 4.39 Å². The third kappa shape index (κ3) is 4.77. The molecule has 1 N–H and O–H groups in total. The molecule has 0 unspecified atom stereocenters. The first-order valence-electron chi connectivity index (χ1n) is 8.66. The summed E-state index contributed by atoms with van der Waals surface area (Å²) >= 11 is 0. The first kappa shape index (κ1) is 17.9. The lowest BCUT2D eigenvalue weighted by atomic mass is 9.75. The van der Waals surface area contributed by atoms with Gasteiger partial charge in [-0.15, -0.1) is 0 Å². The van der Waals surface area contributed by atoms with Crippen molar-refractivity contribution in [1.82, 2.24) is 10.2 Å². The molecule has 3 nitrogen and oxygen atoms in total. The summed E-state index contributed by atoms with van der Waals surface area (Å²) in [4.78, 5) is 14.1. The fourth-order valence-electron chi connectivity index (χ4n) is 3.64. The number of amides is 1. The molecular weight excluding hydrogens is 291 g/mol. The van der Waals surface area contributed by atoms with Gasteiger partial charge >= 0.3 is 0 Å². The fourth-order valence-corrected chi connectivity index (χ4v) is 3.64. The van der Waals surface area contributed by atoms with Crippen molar-refractivity contribution in [2.75, 3.05) is 14.1 Å². The molecule has 4 heteroatoms. The average molecular weight is 320 g/mol. The Kier molecular flexibility index (Phi) is 6.17. The van der Waals surface area contributed by atoms with Crippen LogP contribution in [-0.4, -0.2) is 36.5 Å². The van der Waals surface area contributed by atoms with E-state index in [2.05, 4.69) is 24.3 Å². The van der Waals surface area contributed by atoms with Crippen molar-refractivity contribution in [3.8, 4) is 0 Å². The second kappa shape index (κ2) is 7.91. The summed E-state index contributed by atoms with van der Waals surface area (Å²) in [6.07, 6.45) is 6.37. The van der Waals surface area contributed by atoms with Gasteiger partial charge in [-0.25, -0.2) is 4.39 Å². The third-order valence-electron chi connectivity index (χ3n) is 5.13. The van der Waals surface area contributed by atoms with E-state index in [1.807, 2.05) is 13.0 Å². The molecule has 1 aliphatic rings. The van der Waals surface area contributed by atoms with Gasteiger partial charge in [-0.3, -0.25) is 4.79 Å². The Labute approximate surface area is 139 Å². The molecule has 0 heterocycles. The molecule has 1 amide bonds. The minimum atomic E-state index is -0.170. The molecule has 0 aromatic heterocycles. The van der Waals surface area contributed by atoms with E-state index >= 15 is 0 Å². The molecule has 1 aliphatic carbocycles. The largest absolute Gasteiger partial charge is 0.353 e. The Hall–Kier alpha value is -1.42. The van der Waals surface area contributed by atoms with E-state index in [9.17, 15) is 9.18 Å². The molecule has 23 heavy (non-hydrogen) atoms. The lowest BCUT2D eigenvalue weighted by Crippen LogP contribution is -2.52. The van der Waals surface area contributed by atoms with Gasteiger partial charge in [0, 0.05) is 18.0 Å². The Balaban J connectivity index is 1.99. The predicted molar refractivity (Wildman–Crippen MR) is 91.8 cm³/mol. The molecule has 0 aliphatic heterocycles. The smallest absolute Gasteiger partial charge is 0.220 e. The lowest BCUT2D eigenvalue weighted by molar-refractivity contribution is -0.122. The van der Waals surface area contributed by atoms with Crippen LogP contribution in [0.15, 0.2) is 24.3 Å². The van der Waals surface area contributed by atoms with Gasteiger partial charge in [0.1, 0.15) is 5.82 Å². The molecule has 2 rings (SSSR count). The number of carbonyl (C=O) groups is 1. The van der Waals surface area contributed by atoms with Crippen molar-refractivity contribution in [2.45, 2.75) is 63.5 Å². The molecule has 0 atom stereocenters. The average Bonchev–Trinajstić information content (AvgIpc) is 2.49. The van der Waals surface area contributed by atoms with Gasteiger partial charge in [0.2, 0.25) is 5.91 Å². The van der Waals surface area contributed by atoms with Crippen LogP contribution in [0.5, 0.6) is 0 Å². The Morgan fingerprint density at radius 1 is 1.35 bits per heavy atom. The second-order valence-corrected chi connectivity index (χ2v) is 7.02. The maximum atomic E-state index is 13.5. The first-order chi connectivity index (χ1) is 10.9. The van der Waals surface area contributed by atoms with Crippen molar-refractivity contribution in [1.29, 1.82) is 0 Å². The molecular formula is C19H29FN2O. The van der Waals surface area contributed by atoms with Gasteiger partial charge in [-0.1, -0.05) is 19.1 Å². The summed E-state index contributed by atoms with van der Waals surface area (Å²) in [6, 6.07) is 7.20. The van der Waals surface area contributed by atoms with E-state index in [0.717, 1.165) is 44.1 Å². The van der Waals surface area contributed by atoms with Crippen molar-refractivity contribution >= 4 is 5.91 Å². The molecule has 1 aromatic carbocycles. The molecule has 1 fully saturated rings. The van der Waals surface area contributed by atoms with E-state index in [-0.39, 0.29) is 23.3 Å². The lowest BCUT2D eigenvalue weighted by Gasteiger charge is -2.45. The monoisotopic (exact) mass is 320 g/mol. The van der Waals surface area contributed by atoms with Gasteiger partial charge in [-0.05, 0) is 70.3 Å². The molecule has 0 spiro atoms. The highest BCUT2D eigenvalue weighted by molar-refractivity contribution is 5.76. The van der Waals surface area contributed by atoms with E-state index in [0.29, 0.717) is 6.42 Å². The maximum Gasteiger partial charge on any atom is 0.220 e. The number of carbonyl (C=O) groups excluding carboxylic acids is 1. The van der Waals surface area contributed by atoms with Crippen LogP contribution in [0.1, 0.15) is 51.0 Å². The van der Waals surface area contributed by atoms with Crippen molar-refractivity contribution in [2.24, 2.45) is 0 Å². The van der Waals surface area contributed by atoms with Gasteiger partial charge in [0.25, 0.3) is 0 Å². The van der Waals surface area contributed by atoms with E-state index in [4.69, 9.17) is 0 Å². The van der Waals surface area contributed by atoms with Crippen molar-refractivity contribution in [3.05, 3.63) is 35.6 Å². The summed E-state index contributed by atoms with van der Waals surface area (Å²) in [5.41, 5.74) is 1.10. The molecule has 0 radical (unpaired) electrons. The third-order valence-corrected chi connectivity index (χ3v) is 5.13. The molecule has 0 saturated heterocycles. The van der Waals surface area contributed by atoms with E-state index in [1.54, 1.807) is 12.1 Å². The Bertz CT molecular complexity index is 522. The molecule has 0 bridgehead atoms. The Morgan fingerprint density at radius 2 is 2.04 bits per heavy atom. The summed E-state index contributed by atoms with van der Waals surface area (Å²) in [5.74, 6) is -0.00287. The first-order valence-corrected chi connectivity index (χ1v) is 8.66. The minimum Gasteiger partial charge on any atom is -0.353 e. The quantitative estimate of drug-likeness (QED) is 0.870. The SMILES string of the molecule is CCCC(=O)NC1CCC(Cc2cccc(F)c2)(N(C)C)CC1. The van der Waals surface area contributed by atoms with Crippen LogP contribution >= 0.6 is 0 Å². The van der Waals surface area contributed by atoms with Crippen LogP contribution in [0.25, 0.3) is 0 Å². The number of benzene rings is 1. The van der Waals surface area contributed by atoms with Crippen molar-refractivity contribution < 1.29 is 9.18 Å². The number of rotatable bonds is 6. The summed E-state index contributed by atoms with van der Waals surface area (Å²) < 4.78 is 13.5. The predicted octanol–water partition coefficient (Wildman–Crippen LogP) is 3.53. The van der Waals surface area contributed by atoms with Crippen LogP contribution < -0.4 is 5.32 Å². The topological polar surface area (TPSA) is 32.3 Å². The van der Waals surface area contributed by atoms with Crippen LogP contribution in [0.3, 0.4) is 0 Å². The maximum absolute atomic E-state index is 13.5. The van der Waals surface area contributed by atoms with Gasteiger partial charge in [0.05, 0.1) is 0 Å². The molecule has 128 valence electrons. The number of hydrogen-bond acceptors (Lipinski definition) is 2. The van der Waals surface area contributed by atoms with Crippen molar-refractivity contribution in [3.63, 3.8) is 0 Å². The number of hydrogen-bond donors (Lipinski definition) is 1. The van der Waals surface area contributed by atoms with Crippen LogP contribution in [0, 0.1) is 5.82 Å². The molecule has 1 saturated carbocycles. The number of likely N-dealkylation sites (N-methyl/N-ethyl adjacent to an activating group) is 1. The number of halogens is 1. The number of nitrogens with one attached hydrogen (secondary N) is 1. The number of nitrogens with zero attached hydrogens (tertiary/aromatic N) is 1. The summed E-state index contributed by atoms with van der Waals surface area (Å²) in [5, 5.41) is 3.15. The minimum absolute atomic E-state index is 0.0553. The summed E-state index contributed by atoms with van der Waals surface area (Å²) in [7, 11) is 4.21. The standard InChI is InChI=1S/C19H29FN2O/c1-4-6-18(23)21-17-9-11-19(12-10-17,22(2)3)14-15-7-5-8-16(20)13-15/h5,7-8,13,17H,4,6,9-12,14H2,1-3H3,(H,21,23). The van der Waals surface area contributed by atoms with Crippen LogP contribution in [0.2, 0.25) is 0 Å². The highest BCUT2D eigenvalue weighted by Crippen LogP contribution is 2.35. The van der Waals surface area contributed by atoms with E-state index in [1.165, 1.54) is 6.07 Å². The molecule has 1 aromatic rings. The van der Waals surface area contributed by atoms with E-state index < -0.39 is 0 Å². The highest BCUT2D eigenvalue weighted by Gasteiger charge is 2.37. The normalized spacial score (nSPS) is 24.7. The highest BCUT2D eigenvalue weighted by atomic mass is 19.1. The summed E-state index contributed by atoms with van der Waals surface area (Å²) in [6.45, 7) is 2.02.